The second-order valence-corrected chi connectivity index (χ2v) is 7.20. The molecule has 114 valence electrons. The van der Waals surface area contributed by atoms with E-state index in [4.69, 9.17) is 0 Å². The first-order chi connectivity index (χ1) is 10.1. The van der Waals surface area contributed by atoms with Gasteiger partial charge in [-0.2, -0.15) is 0 Å². The summed E-state index contributed by atoms with van der Waals surface area (Å²) in [7, 11) is 0. The zero-order valence-electron chi connectivity index (χ0n) is 12.2. The third kappa shape index (κ3) is 3.39. The maximum absolute atomic E-state index is 13.6. The maximum atomic E-state index is 13.6. The fourth-order valence-electron chi connectivity index (χ4n) is 3.00. The number of benzene rings is 1. The highest BCUT2D eigenvalue weighted by atomic mass is 32.2. The Labute approximate surface area is 128 Å². The van der Waals surface area contributed by atoms with E-state index in [1.165, 1.54) is 31.7 Å². The number of hydrogen-bond acceptors (Lipinski definition) is 2. The van der Waals surface area contributed by atoms with E-state index < -0.39 is 11.6 Å². The minimum atomic E-state index is -0.420. The highest BCUT2D eigenvalue weighted by Gasteiger charge is 2.39. The van der Waals surface area contributed by atoms with Gasteiger partial charge in [0.1, 0.15) is 11.6 Å². The largest absolute Gasteiger partial charge is 0.359 e. The van der Waals surface area contributed by atoms with Crippen LogP contribution in [-0.4, -0.2) is 16.5 Å². The van der Waals surface area contributed by atoms with Crippen LogP contribution in [0.3, 0.4) is 0 Å². The van der Waals surface area contributed by atoms with Gasteiger partial charge in [-0.3, -0.25) is 4.99 Å². The molecule has 1 aromatic carbocycles. The molecule has 2 fully saturated rings. The van der Waals surface area contributed by atoms with Crippen LogP contribution in [0.5, 0.6) is 0 Å². The summed E-state index contributed by atoms with van der Waals surface area (Å²) < 4.78 is 26.7. The van der Waals surface area contributed by atoms with Crippen LogP contribution in [0.2, 0.25) is 0 Å². The lowest BCUT2D eigenvalue weighted by Gasteiger charge is -2.35. The molecule has 1 saturated carbocycles. The molecule has 0 bridgehead atoms. The molecule has 1 aromatic rings. The van der Waals surface area contributed by atoms with Gasteiger partial charge in [-0.15, -0.1) is 0 Å². The summed E-state index contributed by atoms with van der Waals surface area (Å²) in [6.07, 6.45) is 4.85. The Hall–Kier alpha value is -1.10. The number of nitrogens with one attached hydrogen (secondary N) is 1. The van der Waals surface area contributed by atoms with Crippen molar-refractivity contribution in [3.8, 4) is 0 Å². The molecular formula is C16H20F2N2S. The molecule has 1 spiro atoms. The van der Waals surface area contributed by atoms with Gasteiger partial charge >= 0.3 is 0 Å². The summed E-state index contributed by atoms with van der Waals surface area (Å²) in [6, 6.07) is 3.51. The summed E-state index contributed by atoms with van der Waals surface area (Å²) in [5, 5.41) is 4.40. The Bertz CT molecular complexity index is 551. The van der Waals surface area contributed by atoms with Crippen LogP contribution in [0.4, 0.5) is 8.78 Å². The molecule has 1 aliphatic carbocycles. The van der Waals surface area contributed by atoms with Crippen molar-refractivity contribution < 1.29 is 8.78 Å². The molecule has 1 aliphatic heterocycles. The number of rotatable bonds is 2. The topological polar surface area (TPSA) is 24.4 Å². The molecule has 1 saturated heterocycles. The summed E-state index contributed by atoms with van der Waals surface area (Å²) in [5.74, 6) is 1.02. The Morgan fingerprint density at radius 2 is 2.10 bits per heavy atom. The fourth-order valence-corrected chi connectivity index (χ4v) is 4.21. The third-order valence-electron chi connectivity index (χ3n) is 4.49. The first-order valence-corrected chi connectivity index (χ1v) is 8.44. The molecule has 1 N–H and O–H groups in total. The smallest absolute Gasteiger partial charge is 0.157 e. The quantitative estimate of drug-likeness (QED) is 0.889. The number of amidine groups is 1. The van der Waals surface area contributed by atoms with Crippen LogP contribution >= 0.6 is 11.8 Å². The molecule has 1 heterocycles. The van der Waals surface area contributed by atoms with Crippen LogP contribution < -0.4 is 5.32 Å². The van der Waals surface area contributed by atoms with E-state index in [2.05, 4.69) is 17.2 Å². The first kappa shape index (κ1) is 14.8. The molecule has 0 atom stereocenters. The van der Waals surface area contributed by atoms with Crippen molar-refractivity contribution in [1.82, 2.24) is 5.32 Å². The SMILES string of the molecule is CC1CCC2(CC1)CSC(=NCc1cc(F)ccc1F)N2. The number of thioether (sulfide) groups is 1. The molecule has 0 unspecified atom stereocenters. The summed E-state index contributed by atoms with van der Waals surface area (Å²) in [5.41, 5.74) is 0.486. The Morgan fingerprint density at radius 3 is 2.86 bits per heavy atom. The van der Waals surface area contributed by atoms with Gasteiger partial charge in [-0.05, 0) is 49.8 Å². The van der Waals surface area contributed by atoms with E-state index in [0.29, 0.717) is 5.56 Å². The lowest BCUT2D eigenvalue weighted by Crippen LogP contribution is -2.46. The number of aliphatic imine (C=N–C) groups is 1. The van der Waals surface area contributed by atoms with Gasteiger partial charge in [-0.1, -0.05) is 18.7 Å². The fraction of sp³-hybridized carbons (Fsp3) is 0.562. The Balaban J connectivity index is 1.64. The third-order valence-corrected chi connectivity index (χ3v) is 5.69. The van der Waals surface area contributed by atoms with Crippen LogP contribution in [0.1, 0.15) is 38.2 Å². The van der Waals surface area contributed by atoms with E-state index in [0.717, 1.165) is 29.0 Å². The van der Waals surface area contributed by atoms with Crippen molar-refractivity contribution in [1.29, 1.82) is 0 Å². The van der Waals surface area contributed by atoms with E-state index in [9.17, 15) is 8.78 Å². The maximum Gasteiger partial charge on any atom is 0.157 e. The van der Waals surface area contributed by atoms with Crippen LogP contribution in [0.25, 0.3) is 0 Å². The van der Waals surface area contributed by atoms with Gasteiger partial charge in [0.2, 0.25) is 0 Å². The van der Waals surface area contributed by atoms with E-state index in [1.807, 2.05) is 0 Å². The molecule has 0 aromatic heterocycles. The Morgan fingerprint density at radius 1 is 1.33 bits per heavy atom. The standard InChI is InChI=1S/C16H20F2N2S/c1-11-4-6-16(7-5-11)10-21-15(20-16)19-9-12-8-13(17)2-3-14(12)18/h2-3,8,11H,4-7,9-10H2,1H3,(H,19,20). The molecular weight excluding hydrogens is 290 g/mol. The lowest BCUT2D eigenvalue weighted by atomic mass is 9.78. The van der Waals surface area contributed by atoms with Gasteiger partial charge in [0.25, 0.3) is 0 Å². The number of hydrogen-bond donors (Lipinski definition) is 1. The molecule has 0 radical (unpaired) electrons. The van der Waals surface area contributed by atoms with E-state index in [1.54, 1.807) is 11.8 Å². The molecule has 3 rings (SSSR count). The van der Waals surface area contributed by atoms with Crippen molar-refractivity contribution in [2.45, 2.75) is 44.7 Å². The second kappa shape index (κ2) is 5.95. The Kier molecular flexibility index (Phi) is 4.20. The number of halogens is 2. The van der Waals surface area contributed by atoms with E-state index in [-0.39, 0.29) is 12.1 Å². The van der Waals surface area contributed by atoms with Crippen molar-refractivity contribution in [2.24, 2.45) is 10.9 Å². The van der Waals surface area contributed by atoms with Crippen LogP contribution in [-0.2, 0) is 6.54 Å². The molecule has 0 amide bonds. The summed E-state index contributed by atoms with van der Waals surface area (Å²) in [6.45, 7) is 2.49. The predicted octanol–water partition coefficient (Wildman–Crippen LogP) is 4.11. The van der Waals surface area contributed by atoms with Crippen LogP contribution in [0, 0.1) is 17.6 Å². The summed E-state index contributed by atoms with van der Waals surface area (Å²) in [4.78, 5) is 4.43. The van der Waals surface area contributed by atoms with Crippen molar-refractivity contribution >= 4 is 16.9 Å². The van der Waals surface area contributed by atoms with Gasteiger partial charge in [-0.25, -0.2) is 8.78 Å². The monoisotopic (exact) mass is 310 g/mol. The van der Waals surface area contributed by atoms with Gasteiger partial charge < -0.3 is 5.32 Å². The molecule has 5 heteroatoms. The van der Waals surface area contributed by atoms with Crippen LogP contribution in [0.15, 0.2) is 23.2 Å². The van der Waals surface area contributed by atoms with Crippen molar-refractivity contribution in [3.05, 3.63) is 35.4 Å². The second-order valence-electron chi connectivity index (χ2n) is 6.23. The summed E-state index contributed by atoms with van der Waals surface area (Å²) >= 11 is 1.70. The lowest BCUT2D eigenvalue weighted by molar-refractivity contribution is 0.251. The average molecular weight is 310 g/mol. The van der Waals surface area contributed by atoms with Gasteiger partial charge in [0.05, 0.1) is 6.54 Å². The zero-order valence-corrected chi connectivity index (χ0v) is 13.0. The average Bonchev–Trinajstić information content (AvgIpc) is 2.87. The molecule has 2 aliphatic rings. The minimum absolute atomic E-state index is 0.177. The minimum Gasteiger partial charge on any atom is -0.359 e. The van der Waals surface area contributed by atoms with Gasteiger partial charge in [0, 0.05) is 16.9 Å². The first-order valence-electron chi connectivity index (χ1n) is 7.46. The molecule has 2 nitrogen and oxygen atoms in total. The molecule has 21 heavy (non-hydrogen) atoms. The zero-order chi connectivity index (χ0) is 14.9. The van der Waals surface area contributed by atoms with E-state index >= 15 is 0 Å². The number of nitrogens with zero attached hydrogens (tertiary/aromatic N) is 1. The highest BCUT2D eigenvalue weighted by molar-refractivity contribution is 8.14. The normalized spacial score (nSPS) is 30.8. The van der Waals surface area contributed by atoms with Crippen molar-refractivity contribution in [3.63, 3.8) is 0 Å². The predicted molar refractivity (Wildman–Crippen MR) is 83.5 cm³/mol. The van der Waals surface area contributed by atoms with Crippen molar-refractivity contribution in [2.75, 3.05) is 5.75 Å². The highest BCUT2D eigenvalue weighted by Crippen LogP contribution is 2.38. The van der Waals surface area contributed by atoms with Gasteiger partial charge in [0.15, 0.2) is 5.17 Å².